The van der Waals surface area contributed by atoms with E-state index in [0.717, 1.165) is 37.8 Å². The van der Waals surface area contributed by atoms with Crippen LogP contribution in [0.3, 0.4) is 0 Å². The van der Waals surface area contributed by atoms with Gasteiger partial charge in [-0.05, 0) is 36.4 Å². The molecule has 0 atom stereocenters. The summed E-state index contributed by atoms with van der Waals surface area (Å²) >= 11 is 3.49. The minimum absolute atomic E-state index is 0.620. The second-order valence-electron chi connectivity index (χ2n) is 6.33. The quantitative estimate of drug-likeness (QED) is 0.412. The lowest BCUT2D eigenvalue weighted by molar-refractivity contribution is 1.10. The summed E-state index contributed by atoms with van der Waals surface area (Å²) in [5.41, 5.74) is 4.68. The van der Waals surface area contributed by atoms with Crippen molar-refractivity contribution in [1.29, 1.82) is 0 Å². The Kier molecular flexibility index (Phi) is 4.18. The molecule has 5 rings (SSSR count). The summed E-state index contributed by atoms with van der Waals surface area (Å²) in [6.07, 6.45) is 3.49. The first kappa shape index (κ1) is 16.8. The molecule has 134 valence electrons. The van der Waals surface area contributed by atoms with Crippen molar-refractivity contribution in [3.63, 3.8) is 0 Å². The second-order valence-corrected chi connectivity index (χ2v) is 7.24. The van der Waals surface area contributed by atoms with Crippen molar-refractivity contribution in [1.82, 2.24) is 25.1 Å². The van der Waals surface area contributed by atoms with Gasteiger partial charge >= 0.3 is 0 Å². The molecule has 28 heavy (non-hydrogen) atoms. The van der Waals surface area contributed by atoms with Gasteiger partial charge in [-0.2, -0.15) is 5.10 Å². The predicted octanol–water partition coefficient (Wildman–Crippen LogP) is 5.51. The van der Waals surface area contributed by atoms with Crippen LogP contribution in [0.2, 0.25) is 0 Å². The maximum Gasteiger partial charge on any atom is 0.183 e. The van der Waals surface area contributed by atoms with Crippen LogP contribution in [0.1, 0.15) is 0 Å². The van der Waals surface area contributed by atoms with Crippen molar-refractivity contribution in [2.45, 2.75) is 0 Å². The predicted molar refractivity (Wildman–Crippen MR) is 113 cm³/mol. The normalized spacial score (nSPS) is 11.0. The molecule has 0 bridgehead atoms. The van der Waals surface area contributed by atoms with E-state index in [1.807, 2.05) is 54.6 Å². The van der Waals surface area contributed by atoms with Crippen molar-refractivity contribution in [2.24, 2.45) is 0 Å². The first-order valence-corrected chi connectivity index (χ1v) is 9.56. The Bertz CT molecular complexity index is 1260. The van der Waals surface area contributed by atoms with Crippen LogP contribution in [0.25, 0.3) is 44.9 Å². The molecule has 0 amide bonds. The first-order chi connectivity index (χ1) is 13.8. The van der Waals surface area contributed by atoms with Gasteiger partial charge in [-0.3, -0.25) is 10.1 Å². The number of H-pyrrole nitrogens is 1. The highest BCUT2D eigenvalue weighted by Crippen LogP contribution is 2.31. The van der Waals surface area contributed by atoms with Gasteiger partial charge in [0.25, 0.3) is 0 Å². The number of hydrogen-bond donors (Lipinski definition) is 1. The van der Waals surface area contributed by atoms with E-state index in [4.69, 9.17) is 9.97 Å². The molecule has 0 fully saturated rings. The van der Waals surface area contributed by atoms with Crippen molar-refractivity contribution in [3.05, 3.63) is 83.6 Å². The molecular weight excluding hydrogens is 414 g/mol. The summed E-state index contributed by atoms with van der Waals surface area (Å²) in [5, 5.41) is 8.48. The van der Waals surface area contributed by atoms with Crippen LogP contribution in [0.4, 0.5) is 0 Å². The summed E-state index contributed by atoms with van der Waals surface area (Å²) in [6.45, 7) is 0. The number of pyridine rings is 2. The van der Waals surface area contributed by atoms with Gasteiger partial charge < -0.3 is 0 Å². The van der Waals surface area contributed by atoms with Crippen molar-refractivity contribution < 1.29 is 0 Å². The number of benzene rings is 2. The topological polar surface area (TPSA) is 67.3 Å². The first-order valence-electron chi connectivity index (χ1n) is 8.77. The third kappa shape index (κ3) is 3.08. The Balaban J connectivity index is 1.68. The molecule has 5 nitrogen and oxygen atoms in total. The zero-order valence-electron chi connectivity index (χ0n) is 14.7. The van der Waals surface area contributed by atoms with E-state index in [1.165, 1.54) is 0 Å². The molecule has 2 aromatic carbocycles. The summed E-state index contributed by atoms with van der Waals surface area (Å²) in [7, 11) is 0. The van der Waals surface area contributed by atoms with Gasteiger partial charge in [0.15, 0.2) is 11.6 Å². The highest BCUT2D eigenvalue weighted by atomic mass is 79.9. The maximum atomic E-state index is 4.84. The fourth-order valence-electron chi connectivity index (χ4n) is 3.15. The van der Waals surface area contributed by atoms with Gasteiger partial charge in [-0.15, -0.1) is 0 Å². The lowest BCUT2D eigenvalue weighted by Crippen LogP contribution is -1.91. The zero-order chi connectivity index (χ0) is 18.9. The highest BCUT2D eigenvalue weighted by molar-refractivity contribution is 9.10. The number of fused-ring (bicyclic) bond motifs is 1. The number of halogens is 1. The van der Waals surface area contributed by atoms with E-state index in [9.17, 15) is 0 Å². The van der Waals surface area contributed by atoms with Gasteiger partial charge in [-0.1, -0.05) is 46.3 Å². The van der Waals surface area contributed by atoms with Crippen molar-refractivity contribution in [3.8, 4) is 34.0 Å². The maximum absolute atomic E-state index is 4.84. The third-order valence-electron chi connectivity index (χ3n) is 4.52. The minimum atomic E-state index is 0.620. The van der Waals surface area contributed by atoms with Crippen LogP contribution in [-0.4, -0.2) is 25.1 Å². The number of hydrogen-bond acceptors (Lipinski definition) is 4. The molecule has 0 unspecified atom stereocenters. The van der Waals surface area contributed by atoms with E-state index >= 15 is 0 Å². The van der Waals surface area contributed by atoms with E-state index in [-0.39, 0.29) is 0 Å². The van der Waals surface area contributed by atoms with Gasteiger partial charge in [0, 0.05) is 38.9 Å². The number of para-hydroxylation sites is 1. The van der Waals surface area contributed by atoms with Crippen LogP contribution in [0, 0.1) is 0 Å². The Morgan fingerprint density at radius 1 is 0.821 bits per heavy atom. The molecular formula is C22H14BrN5. The number of nitrogens with one attached hydrogen (secondary N) is 1. The Hall–Kier alpha value is -3.38. The molecule has 0 radical (unpaired) electrons. The molecule has 3 aromatic heterocycles. The van der Waals surface area contributed by atoms with Gasteiger partial charge in [-0.25, -0.2) is 9.97 Å². The molecule has 1 N–H and O–H groups in total. The van der Waals surface area contributed by atoms with E-state index in [1.54, 1.807) is 12.4 Å². The number of aromatic nitrogens is 5. The van der Waals surface area contributed by atoms with E-state index in [2.05, 4.69) is 43.2 Å². The Morgan fingerprint density at radius 2 is 1.68 bits per heavy atom. The summed E-state index contributed by atoms with van der Waals surface area (Å²) in [6, 6.07) is 22.1. The zero-order valence-corrected chi connectivity index (χ0v) is 16.3. The summed E-state index contributed by atoms with van der Waals surface area (Å²) in [4.78, 5) is 13.7. The highest BCUT2D eigenvalue weighted by Gasteiger charge is 2.14. The van der Waals surface area contributed by atoms with Crippen LogP contribution in [0.5, 0.6) is 0 Å². The monoisotopic (exact) mass is 427 g/mol. The number of nitrogens with zero attached hydrogens (tertiary/aromatic N) is 4. The molecule has 0 aliphatic rings. The lowest BCUT2D eigenvalue weighted by Gasteiger charge is -2.08. The smallest absolute Gasteiger partial charge is 0.183 e. The Labute approximate surface area is 169 Å². The standard InChI is InChI=1S/C22H14BrN5/c23-16-9-7-14(8-10-16)20-12-18(17-5-1-2-6-19(17)25-20)22-26-21(27-28-22)15-4-3-11-24-13-15/h1-13H,(H,26,27,28). The van der Waals surface area contributed by atoms with Gasteiger partial charge in [0.2, 0.25) is 0 Å². The third-order valence-corrected chi connectivity index (χ3v) is 5.05. The molecule has 0 saturated heterocycles. The second kappa shape index (κ2) is 6.98. The average molecular weight is 428 g/mol. The fraction of sp³-hybridized carbons (Fsp3) is 0. The van der Waals surface area contributed by atoms with Crippen LogP contribution in [0.15, 0.2) is 83.6 Å². The lowest BCUT2D eigenvalue weighted by atomic mass is 10.0. The number of aromatic amines is 1. The van der Waals surface area contributed by atoms with E-state index < -0.39 is 0 Å². The number of rotatable bonds is 3. The van der Waals surface area contributed by atoms with Crippen molar-refractivity contribution >= 4 is 26.8 Å². The molecule has 0 spiro atoms. The van der Waals surface area contributed by atoms with Crippen LogP contribution in [-0.2, 0) is 0 Å². The SMILES string of the molecule is Brc1ccc(-c2cc(-c3nc(-c4cccnc4)n[nH]3)c3ccccc3n2)cc1. The molecule has 6 heteroatoms. The molecule has 0 aliphatic carbocycles. The fourth-order valence-corrected chi connectivity index (χ4v) is 3.41. The van der Waals surface area contributed by atoms with Gasteiger partial charge in [0.1, 0.15) is 0 Å². The molecule has 3 heterocycles. The summed E-state index contributed by atoms with van der Waals surface area (Å²) < 4.78 is 1.04. The van der Waals surface area contributed by atoms with Crippen LogP contribution >= 0.6 is 15.9 Å². The van der Waals surface area contributed by atoms with Crippen LogP contribution < -0.4 is 0 Å². The Morgan fingerprint density at radius 3 is 2.50 bits per heavy atom. The average Bonchev–Trinajstić information content (AvgIpc) is 3.24. The van der Waals surface area contributed by atoms with Crippen molar-refractivity contribution in [2.75, 3.05) is 0 Å². The largest absolute Gasteiger partial charge is 0.264 e. The molecule has 5 aromatic rings. The molecule has 0 aliphatic heterocycles. The minimum Gasteiger partial charge on any atom is -0.264 e. The van der Waals surface area contributed by atoms with E-state index in [0.29, 0.717) is 11.6 Å². The molecule has 0 saturated carbocycles. The summed E-state index contributed by atoms with van der Waals surface area (Å²) in [5.74, 6) is 1.32. The van der Waals surface area contributed by atoms with Gasteiger partial charge in [0.05, 0.1) is 11.2 Å².